The number of carbonyl (C=O) groups excluding carboxylic acids is 1. The number of sulfonamides is 1. The summed E-state index contributed by atoms with van der Waals surface area (Å²) in [6, 6.07) is 9.78. The standard InChI is InChI=1S/C20H23N3O4S/c1-14-11-18(14)19-8-7-16(27-19)13-21-22-20(24)15-5-4-6-17(12-15)28(25,26)23-9-2-3-10-23/h4-8,12-14,18H,2-3,9-11H2,1H3,(H,22,24)/b21-13-/t14-,18-/m1/s1. The molecule has 2 fully saturated rings. The van der Waals surface area contributed by atoms with E-state index in [-0.39, 0.29) is 10.5 Å². The van der Waals surface area contributed by atoms with Crippen molar-refractivity contribution in [3.8, 4) is 0 Å². The Morgan fingerprint density at radius 1 is 1.25 bits per heavy atom. The van der Waals surface area contributed by atoms with Crippen LogP contribution < -0.4 is 5.43 Å². The second kappa shape index (κ2) is 7.52. The summed E-state index contributed by atoms with van der Waals surface area (Å²) in [4.78, 5) is 12.5. The van der Waals surface area contributed by atoms with Gasteiger partial charge in [0.2, 0.25) is 10.0 Å². The highest BCUT2D eigenvalue weighted by molar-refractivity contribution is 7.89. The Labute approximate surface area is 164 Å². The maximum absolute atomic E-state index is 12.6. The third-order valence-electron chi connectivity index (χ3n) is 5.28. The zero-order valence-corrected chi connectivity index (χ0v) is 16.5. The smallest absolute Gasteiger partial charge is 0.271 e. The van der Waals surface area contributed by atoms with Gasteiger partial charge in [0.15, 0.2) is 0 Å². The fraction of sp³-hybridized carbons (Fsp3) is 0.400. The highest BCUT2D eigenvalue weighted by atomic mass is 32.2. The predicted molar refractivity (Wildman–Crippen MR) is 105 cm³/mol. The van der Waals surface area contributed by atoms with Gasteiger partial charge >= 0.3 is 0 Å². The van der Waals surface area contributed by atoms with Crippen LogP contribution in [0.4, 0.5) is 0 Å². The molecule has 0 unspecified atom stereocenters. The van der Waals surface area contributed by atoms with Gasteiger partial charge in [0.1, 0.15) is 11.5 Å². The number of hydrogen-bond acceptors (Lipinski definition) is 5. The largest absolute Gasteiger partial charge is 0.460 e. The zero-order chi connectivity index (χ0) is 19.7. The molecule has 1 aromatic heterocycles. The van der Waals surface area contributed by atoms with Crippen LogP contribution in [-0.2, 0) is 10.0 Å². The van der Waals surface area contributed by atoms with Crippen LogP contribution in [0.3, 0.4) is 0 Å². The molecule has 0 spiro atoms. The van der Waals surface area contributed by atoms with Crippen molar-refractivity contribution in [1.82, 2.24) is 9.73 Å². The normalized spacial score (nSPS) is 22.6. The minimum absolute atomic E-state index is 0.125. The second-order valence-corrected chi connectivity index (χ2v) is 9.34. The first-order valence-electron chi connectivity index (χ1n) is 9.48. The Kier molecular flexibility index (Phi) is 5.07. The quantitative estimate of drug-likeness (QED) is 0.595. The minimum Gasteiger partial charge on any atom is -0.460 e. The van der Waals surface area contributed by atoms with Gasteiger partial charge in [0.05, 0.1) is 11.1 Å². The molecule has 0 bridgehead atoms. The monoisotopic (exact) mass is 401 g/mol. The summed E-state index contributed by atoms with van der Waals surface area (Å²) in [6.07, 6.45) is 4.31. The second-order valence-electron chi connectivity index (χ2n) is 7.40. The lowest BCUT2D eigenvalue weighted by Crippen LogP contribution is -2.28. The van der Waals surface area contributed by atoms with Gasteiger partial charge in [0.25, 0.3) is 5.91 Å². The van der Waals surface area contributed by atoms with Crippen molar-refractivity contribution in [2.75, 3.05) is 13.1 Å². The lowest BCUT2D eigenvalue weighted by Gasteiger charge is -2.15. The van der Waals surface area contributed by atoms with Gasteiger partial charge in [-0.15, -0.1) is 0 Å². The molecule has 1 amide bonds. The Bertz CT molecular complexity index is 1010. The first-order chi connectivity index (χ1) is 13.4. The van der Waals surface area contributed by atoms with E-state index in [4.69, 9.17) is 4.42 Å². The summed E-state index contributed by atoms with van der Waals surface area (Å²) < 4.78 is 32.4. The number of rotatable bonds is 6. The third-order valence-corrected chi connectivity index (χ3v) is 7.17. The van der Waals surface area contributed by atoms with E-state index in [1.54, 1.807) is 12.1 Å². The average molecular weight is 401 g/mol. The van der Waals surface area contributed by atoms with Gasteiger partial charge < -0.3 is 4.42 Å². The molecule has 1 N–H and O–H groups in total. The van der Waals surface area contributed by atoms with E-state index >= 15 is 0 Å². The van der Waals surface area contributed by atoms with Crippen molar-refractivity contribution < 1.29 is 17.6 Å². The molecule has 2 heterocycles. The van der Waals surface area contributed by atoms with Crippen molar-refractivity contribution >= 4 is 22.1 Å². The highest BCUT2D eigenvalue weighted by Gasteiger charge is 2.36. The fourth-order valence-corrected chi connectivity index (χ4v) is 5.01. The van der Waals surface area contributed by atoms with Gasteiger partial charge in [-0.2, -0.15) is 9.41 Å². The summed E-state index contributed by atoms with van der Waals surface area (Å²) in [5, 5.41) is 3.92. The molecule has 2 aliphatic rings. The van der Waals surface area contributed by atoms with Gasteiger partial charge in [-0.1, -0.05) is 13.0 Å². The molecule has 2 atom stereocenters. The van der Waals surface area contributed by atoms with Crippen molar-refractivity contribution in [3.63, 3.8) is 0 Å². The molecule has 148 valence electrons. The molecule has 1 aliphatic heterocycles. The topological polar surface area (TPSA) is 92.0 Å². The summed E-state index contributed by atoms with van der Waals surface area (Å²) >= 11 is 0. The molecule has 7 nitrogen and oxygen atoms in total. The number of carbonyl (C=O) groups is 1. The van der Waals surface area contributed by atoms with Crippen LogP contribution in [0.25, 0.3) is 0 Å². The fourth-order valence-electron chi connectivity index (χ4n) is 3.45. The molecule has 1 aliphatic carbocycles. The van der Waals surface area contributed by atoms with E-state index < -0.39 is 15.9 Å². The van der Waals surface area contributed by atoms with Crippen LogP contribution in [0, 0.1) is 5.92 Å². The first kappa shape index (κ1) is 18.9. The zero-order valence-electron chi connectivity index (χ0n) is 15.7. The Balaban J connectivity index is 1.41. The number of hydrazone groups is 1. The number of hydrogen-bond donors (Lipinski definition) is 1. The van der Waals surface area contributed by atoms with E-state index in [1.165, 1.54) is 22.7 Å². The molecule has 1 aromatic carbocycles. The van der Waals surface area contributed by atoms with Crippen LogP contribution in [0.5, 0.6) is 0 Å². The SMILES string of the molecule is C[C@@H]1C[C@H]1c1ccc(/C=N\NC(=O)c2cccc(S(=O)(=O)N3CCCC3)c2)o1. The molecule has 4 rings (SSSR count). The van der Waals surface area contributed by atoms with Crippen LogP contribution in [0.15, 0.2) is 50.8 Å². The maximum Gasteiger partial charge on any atom is 0.271 e. The minimum atomic E-state index is -3.56. The van der Waals surface area contributed by atoms with Crippen molar-refractivity contribution in [2.45, 2.75) is 37.0 Å². The van der Waals surface area contributed by atoms with Crippen molar-refractivity contribution in [3.05, 3.63) is 53.5 Å². The summed E-state index contributed by atoms with van der Waals surface area (Å²) in [5.41, 5.74) is 2.66. The average Bonchev–Trinajstić information content (AvgIpc) is 3.12. The van der Waals surface area contributed by atoms with Gasteiger partial charge in [0, 0.05) is 24.6 Å². The van der Waals surface area contributed by atoms with Gasteiger partial charge in [-0.25, -0.2) is 13.8 Å². The molecule has 1 saturated heterocycles. The molecular weight excluding hydrogens is 378 g/mol. The number of furan rings is 1. The van der Waals surface area contributed by atoms with Crippen molar-refractivity contribution in [1.29, 1.82) is 0 Å². The molecule has 0 radical (unpaired) electrons. The van der Waals surface area contributed by atoms with Crippen LogP contribution in [0.1, 0.15) is 54.0 Å². The molecular formula is C20H23N3O4S. The molecule has 1 saturated carbocycles. The number of nitrogens with zero attached hydrogens (tertiary/aromatic N) is 2. The highest BCUT2D eigenvalue weighted by Crippen LogP contribution is 2.47. The van der Waals surface area contributed by atoms with Gasteiger partial charge in [-0.05, 0) is 55.5 Å². The summed E-state index contributed by atoms with van der Waals surface area (Å²) in [6.45, 7) is 3.22. The maximum atomic E-state index is 12.6. The molecule has 2 aromatic rings. The molecule has 28 heavy (non-hydrogen) atoms. The van der Waals surface area contributed by atoms with Crippen LogP contribution in [-0.4, -0.2) is 37.9 Å². The lowest BCUT2D eigenvalue weighted by atomic mass is 10.2. The number of benzene rings is 1. The van der Waals surface area contributed by atoms with E-state index in [0.717, 1.165) is 25.0 Å². The van der Waals surface area contributed by atoms with Crippen LogP contribution in [0.2, 0.25) is 0 Å². The van der Waals surface area contributed by atoms with E-state index in [1.807, 2.05) is 12.1 Å². The lowest BCUT2D eigenvalue weighted by molar-refractivity contribution is 0.0955. The van der Waals surface area contributed by atoms with Crippen LogP contribution >= 0.6 is 0 Å². The van der Waals surface area contributed by atoms with E-state index in [9.17, 15) is 13.2 Å². The summed E-state index contributed by atoms with van der Waals surface area (Å²) in [5.74, 6) is 2.17. The van der Waals surface area contributed by atoms with Crippen molar-refractivity contribution in [2.24, 2.45) is 11.0 Å². The van der Waals surface area contributed by atoms with E-state index in [2.05, 4.69) is 17.5 Å². The Hall–Kier alpha value is -2.45. The van der Waals surface area contributed by atoms with Gasteiger partial charge in [-0.3, -0.25) is 4.79 Å². The molecule has 8 heteroatoms. The Morgan fingerprint density at radius 2 is 2.00 bits per heavy atom. The summed E-state index contributed by atoms with van der Waals surface area (Å²) in [7, 11) is -3.56. The van der Waals surface area contributed by atoms with E-state index in [0.29, 0.717) is 30.7 Å². The first-order valence-corrected chi connectivity index (χ1v) is 10.9. The number of amides is 1. The number of nitrogens with one attached hydrogen (secondary N) is 1. The Morgan fingerprint density at radius 3 is 2.71 bits per heavy atom. The predicted octanol–water partition coefficient (Wildman–Crippen LogP) is 2.95. The third kappa shape index (κ3) is 3.88.